The number of ether oxygens (including phenoxy) is 1. The van der Waals surface area contributed by atoms with Crippen LogP contribution in [0, 0.1) is 6.92 Å². The van der Waals surface area contributed by atoms with E-state index >= 15 is 0 Å². The predicted octanol–water partition coefficient (Wildman–Crippen LogP) is 5.67. The SMILES string of the molecule is CC.CCc1cc(OOC)c(OC)c2ncc(Cc3ccc(C)cc3)cc12. The lowest BCUT2D eigenvalue weighted by molar-refractivity contribution is -0.179. The molecule has 0 atom stereocenters. The predicted molar refractivity (Wildman–Crippen MR) is 111 cm³/mol. The van der Waals surface area contributed by atoms with Gasteiger partial charge in [0.1, 0.15) is 5.52 Å². The van der Waals surface area contributed by atoms with Crippen molar-refractivity contribution in [3.63, 3.8) is 0 Å². The van der Waals surface area contributed by atoms with Gasteiger partial charge in [-0.2, -0.15) is 4.89 Å². The fraction of sp³-hybridized carbons (Fsp3) is 0.348. The number of rotatable bonds is 6. The fourth-order valence-corrected chi connectivity index (χ4v) is 3.03. The highest BCUT2D eigenvalue weighted by Gasteiger charge is 2.16. The summed E-state index contributed by atoms with van der Waals surface area (Å²) in [7, 11) is 3.10. The van der Waals surface area contributed by atoms with E-state index in [9.17, 15) is 0 Å². The quantitative estimate of drug-likeness (QED) is 0.416. The first kappa shape index (κ1) is 20.7. The van der Waals surface area contributed by atoms with Crippen LogP contribution >= 0.6 is 0 Å². The maximum absolute atomic E-state index is 5.51. The Bertz CT molecular complexity index is 873. The van der Waals surface area contributed by atoms with E-state index in [1.54, 1.807) is 7.11 Å². The Hall–Kier alpha value is -2.59. The first-order valence-electron chi connectivity index (χ1n) is 9.41. The Morgan fingerprint density at radius 1 is 0.963 bits per heavy atom. The van der Waals surface area contributed by atoms with Crippen LogP contribution in [0.1, 0.15) is 43.0 Å². The summed E-state index contributed by atoms with van der Waals surface area (Å²) in [6.45, 7) is 8.21. The number of aromatic nitrogens is 1. The minimum atomic E-state index is 0.549. The van der Waals surface area contributed by atoms with E-state index in [1.807, 2.05) is 26.1 Å². The number of fused-ring (bicyclic) bond motifs is 1. The van der Waals surface area contributed by atoms with E-state index < -0.39 is 0 Å². The Balaban J connectivity index is 0.00000126. The lowest BCUT2D eigenvalue weighted by Gasteiger charge is -2.14. The molecule has 2 aromatic carbocycles. The number of nitrogens with zero attached hydrogens (tertiary/aromatic N) is 1. The number of pyridine rings is 1. The molecule has 0 saturated heterocycles. The average Bonchev–Trinajstić information content (AvgIpc) is 2.71. The molecule has 1 heterocycles. The Morgan fingerprint density at radius 2 is 1.67 bits per heavy atom. The van der Waals surface area contributed by atoms with E-state index in [1.165, 1.54) is 23.8 Å². The number of hydrogen-bond acceptors (Lipinski definition) is 4. The van der Waals surface area contributed by atoms with Crippen LogP contribution in [0.2, 0.25) is 0 Å². The zero-order valence-electron chi connectivity index (χ0n) is 17.1. The van der Waals surface area contributed by atoms with Crippen molar-refractivity contribution in [1.29, 1.82) is 0 Å². The maximum Gasteiger partial charge on any atom is 0.209 e. The molecule has 3 rings (SSSR count). The van der Waals surface area contributed by atoms with Crippen molar-refractivity contribution in [3.05, 3.63) is 64.8 Å². The summed E-state index contributed by atoms with van der Waals surface area (Å²) in [4.78, 5) is 14.7. The van der Waals surface area contributed by atoms with Crippen LogP contribution < -0.4 is 9.62 Å². The van der Waals surface area contributed by atoms with Crippen molar-refractivity contribution in [1.82, 2.24) is 4.98 Å². The molecule has 0 N–H and O–H groups in total. The van der Waals surface area contributed by atoms with Gasteiger partial charge in [0, 0.05) is 11.6 Å². The fourth-order valence-electron chi connectivity index (χ4n) is 3.03. The van der Waals surface area contributed by atoms with Crippen LogP contribution in [0.3, 0.4) is 0 Å². The standard InChI is InChI=1S/C21H23NO3.C2H6/c1-5-17-12-19(25-24-4)21(23-3)20-18(17)11-16(13-22-20)10-15-8-6-14(2)7-9-15;1-2/h6-9,11-13H,5,10H2,1-4H3;1-2H3. The summed E-state index contributed by atoms with van der Waals surface area (Å²) in [6.07, 6.45) is 3.63. The molecule has 3 aromatic rings. The first-order valence-corrected chi connectivity index (χ1v) is 9.41. The monoisotopic (exact) mass is 367 g/mol. The van der Waals surface area contributed by atoms with Gasteiger partial charge in [-0.3, -0.25) is 4.98 Å². The molecule has 0 unspecified atom stereocenters. The lowest BCUT2D eigenvalue weighted by atomic mass is 10.00. The van der Waals surface area contributed by atoms with Gasteiger partial charge in [-0.15, -0.1) is 0 Å². The van der Waals surface area contributed by atoms with Crippen molar-refractivity contribution in [2.24, 2.45) is 0 Å². The number of benzene rings is 2. The van der Waals surface area contributed by atoms with Crippen molar-refractivity contribution < 1.29 is 14.5 Å². The second-order valence-electron chi connectivity index (χ2n) is 6.07. The van der Waals surface area contributed by atoms with Crippen LogP contribution in [0.25, 0.3) is 10.9 Å². The highest BCUT2D eigenvalue weighted by molar-refractivity contribution is 5.90. The second-order valence-corrected chi connectivity index (χ2v) is 6.07. The molecule has 0 spiro atoms. The van der Waals surface area contributed by atoms with E-state index in [4.69, 9.17) is 14.5 Å². The van der Waals surface area contributed by atoms with E-state index in [0.29, 0.717) is 11.5 Å². The van der Waals surface area contributed by atoms with Crippen LogP contribution in [0.5, 0.6) is 11.5 Å². The summed E-state index contributed by atoms with van der Waals surface area (Å²) in [6, 6.07) is 12.8. The highest BCUT2D eigenvalue weighted by atomic mass is 17.2. The molecule has 4 heteroatoms. The molecular weight excluding hydrogens is 338 g/mol. The normalized spacial score (nSPS) is 10.3. The van der Waals surface area contributed by atoms with Crippen molar-refractivity contribution in [2.75, 3.05) is 14.2 Å². The van der Waals surface area contributed by atoms with Crippen molar-refractivity contribution >= 4 is 10.9 Å². The van der Waals surface area contributed by atoms with Gasteiger partial charge in [0.05, 0.1) is 14.2 Å². The third-order valence-electron chi connectivity index (χ3n) is 4.32. The molecule has 144 valence electrons. The summed E-state index contributed by atoms with van der Waals surface area (Å²) < 4.78 is 5.51. The second kappa shape index (κ2) is 9.93. The van der Waals surface area contributed by atoms with E-state index in [2.05, 4.69) is 49.2 Å². The summed E-state index contributed by atoms with van der Waals surface area (Å²) in [5, 5.41) is 1.09. The average molecular weight is 367 g/mol. The maximum atomic E-state index is 5.51. The first-order chi connectivity index (χ1) is 13.2. The third-order valence-corrected chi connectivity index (χ3v) is 4.32. The zero-order chi connectivity index (χ0) is 19.8. The summed E-state index contributed by atoms with van der Waals surface area (Å²) >= 11 is 0. The molecular formula is C23H29NO3. The molecule has 0 fully saturated rings. The molecule has 0 bridgehead atoms. The van der Waals surface area contributed by atoms with Gasteiger partial charge in [-0.25, -0.2) is 0 Å². The lowest BCUT2D eigenvalue weighted by Crippen LogP contribution is -2.00. The smallest absolute Gasteiger partial charge is 0.209 e. The minimum absolute atomic E-state index is 0.549. The van der Waals surface area contributed by atoms with Crippen LogP contribution in [0.15, 0.2) is 42.6 Å². The number of aryl methyl sites for hydroxylation is 2. The topological polar surface area (TPSA) is 40.6 Å². The van der Waals surface area contributed by atoms with E-state index in [0.717, 1.165) is 29.3 Å². The minimum Gasteiger partial charge on any atom is -0.491 e. The Kier molecular flexibility index (Phi) is 7.62. The number of hydrogen-bond donors (Lipinski definition) is 0. The molecule has 0 aliphatic carbocycles. The summed E-state index contributed by atoms with van der Waals surface area (Å²) in [5.41, 5.74) is 5.66. The Labute approximate surface area is 162 Å². The highest BCUT2D eigenvalue weighted by Crippen LogP contribution is 2.37. The van der Waals surface area contributed by atoms with Gasteiger partial charge >= 0.3 is 0 Å². The molecule has 0 aliphatic rings. The number of methoxy groups -OCH3 is 1. The Morgan fingerprint density at radius 3 is 2.26 bits per heavy atom. The van der Waals surface area contributed by atoms with Crippen LogP contribution in [0.4, 0.5) is 0 Å². The van der Waals surface area contributed by atoms with Gasteiger partial charge in [-0.05, 0) is 48.6 Å². The molecule has 0 saturated carbocycles. The van der Waals surface area contributed by atoms with Crippen molar-refractivity contribution in [2.45, 2.75) is 40.5 Å². The van der Waals surface area contributed by atoms with Gasteiger partial charge in [0.25, 0.3) is 0 Å². The third kappa shape index (κ3) is 4.77. The molecule has 27 heavy (non-hydrogen) atoms. The van der Waals surface area contributed by atoms with Crippen LogP contribution in [-0.4, -0.2) is 19.2 Å². The summed E-state index contributed by atoms with van der Waals surface area (Å²) in [5.74, 6) is 1.14. The van der Waals surface area contributed by atoms with E-state index in [-0.39, 0.29) is 0 Å². The largest absolute Gasteiger partial charge is 0.491 e. The van der Waals surface area contributed by atoms with Gasteiger partial charge < -0.3 is 9.62 Å². The molecule has 1 aromatic heterocycles. The molecule has 0 amide bonds. The zero-order valence-corrected chi connectivity index (χ0v) is 17.1. The van der Waals surface area contributed by atoms with Gasteiger partial charge in [-0.1, -0.05) is 50.6 Å². The van der Waals surface area contributed by atoms with Gasteiger partial charge in [0.2, 0.25) is 5.75 Å². The molecule has 0 radical (unpaired) electrons. The van der Waals surface area contributed by atoms with Crippen LogP contribution in [-0.2, 0) is 17.7 Å². The molecule has 0 aliphatic heterocycles. The molecule has 4 nitrogen and oxygen atoms in total. The van der Waals surface area contributed by atoms with Gasteiger partial charge in [0.15, 0.2) is 5.75 Å². The van der Waals surface area contributed by atoms with Crippen molar-refractivity contribution in [3.8, 4) is 11.5 Å².